The second-order valence-electron chi connectivity index (χ2n) is 7.32. The van der Waals surface area contributed by atoms with Crippen LogP contribution in [0.4, 0.5) is 21.9 Å². The van der Waals surface area contributed by atoms with Gasteiger partial charge in [0, 0.05) is 15.8 Å². The van der Waals surface area contributed by atoms with Crippen molar-refractivity contribution in [3.8, 4) is 5.75 Å². The number of rotatable bonds is 5. The maximum atomic E-state index is 12.8. The zero-order valence-corrected chi connectivity index (χ0v) is 20.0. The Hall–Kier alpha value is -2.97. The number of nitrogens with one attached hydrogen (secondary N) is 2. The largest absolute Gasteiger partial charge is 0.495 e. The number of carbonyl (C=O) groups is 2. The Kier molecular flexibility index (Phi) is 6.72. The molecule has 1 saturated heterocycles. The lowest BCUT2D eigenvalue weighted by Gasteiger charge is -2.26. The SMILES string of the molecule is COc1ccc(C)cc1N1C(=O)CSC1c1cccc(NC(=O)Nc2cccc(Br)c2)c1. The van der Waals surface area contributed by atoms with Gasteiger partial charge in [-0.15, -0.1) is 11.8 Å². The van der Waals surface area contributed by atoms with Gasteiger partial charge in [0.15, 0.2) is 0 Å². The number of urea groups is 1. The van der Waals surface area contributed by atoms with Gasteiger partial charge in [0.1, 0.15) is 11.1 Å². The molecule has 1 unspecified atom stereocenters. The topological polar surface area (TPSA) is 70.7 Å². The lowest BCUT2D eigenvalue weighted by atomic mass is 10.1. The highest BCUT2D eigenvalue weighted by Gasteiger charge is 2.35. The number of carbonyl (C=O) groups excluding carboxylic acids is 2. The lowest BCUT2D eigenvalue weighted by molar-refractivity contribution is -0.115. The van der Waals surface area contributed by atoms with Crippen LogP contribution in [0.25, 0.3) is 0 Å². The van der Waals surface area contributed by atoms with Crippen LogP contribution in [0.15, 0.2) is 71.2 Å². The number of ether oxygens (including phenoxy) is 1. The van der Waals surface area contributed by atoms with Gasteiger partial charge in [-0.2, -0.15) is 0 Å². The fourth-order valence-corrected chi connectivity index (χ4v) is 5.11. The van der Waals surface area contributed by atoms with Crippen molar-refractivity contribution in [2.24, 2.45) is 0 Å². The first-order valence-corrected chi connectivity index (χ1v) is 11.8. The zero-order chi connectivity index (χ0) is 22.7. The fourth-order valence-electron chi connectivity index (χ4n) is 3.55. The van der Waals surface area contributed by atoms with Crippen LogP contribution in [-0.2, 0) is 4.79 Å². The molecule has 0 radical (unpaired) electrons. The smallest absolute Gasteiger partial charge is 0.323 e. The van der Waals surface area contributed by atoms with Crippen molar-refractivity contribution in [1.29, 1.82) is 0 Å². The van der Waals surface area contributed by atoms with E-state index in [-0.39, 0.29) is 17.3 Å². The Balaban J connectivity index is 1.56. The number of amides is 3. The van der Waals surface area contributed by atoms with E-state index in [1.54, 1.807) is 23.8 Å². The first-order valence-electron chi connectivity index (χ1n) is 9.96. The van der Waals surface area contributed by atoms with Crippen molar-refractivity contribution in [3.05, 3.63) is 82.3 Å². The van der Waals surface area contributed by atoms with Gasteiger partial charge in [-0.25, -0.2) is 4.79 Å². The van der Waals surface area contributed by atoms with Crippen LogP contribution in [0.5, 0.6) is 5.75 Å². The minimum Gasteiger partial charge on any atom is -0.495 e. The average molecular weight is 512 g/mol. The van der Waals surface area contributed by atoms with Crippen LogP contribution < -0.4 is 20.3 Å². The number of hydrogen-bond donors (Lipinski definition) is 2. The molecule has 8 heteroatoms. The van der Waals surface area contributed by atoms with Gasteiger partial charge in [-0.3, -0.25) is 9.69 Å². The highest BCUT2D eigenvalue weighted by Crippen LogP contribution is 2.45. The molecule has 0 saturated carbocycles. The molecule has 6 nitrogen and oxygen atoms in total. The van der Waals surface area contributed by atoms with Gasteiger partial charge < -0.3 is 15.4 Å². The minimum atomic E-state index is -0.340. The highest BCUT2D eigenvalue weighted by molar-refractivity contribution is 9.10. The second-order valence-corrected chi connectivity index (χ2v) is 9.30. The molecule has 1 aliphatic heterocycles. The predicted molar refractivity (Wildman–Crippen MR) is 134 cm³/mol. The van der Waals surface area contributed by atoms with Crippen molar-refractivity contribution < 1.29 is 14.3 Å². The quantitative estimate of drug-likeness (QED) is 0.428. The molecule has 164 valence electrons. The third kappa shape index (κ3) is 4.92. The number of thioether (sulfide) groups is 1. The van der Waals surface area contributed by atoms with Gasteiger partial charge in [-0.1, -0.05) is 40.2 Å². The van der Waals surface area contributed by atoms with Crippen LogP contribution in [0.2, 0.25) is 0 Å². The maximum absolute atomic E-state index is 12.8. The third-order valence-electron chi connectivity index (χ3n) is 4.97. The Labute approximate surface area is 199 Å². The van der Waals surface area contributed by atoms with Crippen molar-refractivity contribution >= 4 is 56.7 Å². The van der Waals surface area contributed by atoms with Crippen LogP contribution in [-0.4, -0.2) is 24.8 Å². The Bertz CT molecular complexity index is 1170. The second kappa shape index (κ2) is 9.67. The van der Waals surface area contributed by atoms with E-state index in [0.717, 1.165) is 21.3 Å². The summed E-state index contributed by atoms with van der Waals surface area (Å²) in [6.07, 6.45) is 0. The fraction of sp³-hybridized carbons (Fsp3) is 0.167. The van der Waals surface area contributed by atoms with E-state index in [1.165, 1.54) is 0 Å². The Morgan fingerprint density at radius 1 is 1.06 bits per heavy atom. The van der Waals surface area contributed by atoms with Crippen LogP contribution in [0, 0.1) is 6.92 Å². The third-order valence-corrected chi connectivity index (χ3v) is 6.68. The number of aryl methyl sites for hydroxylation is 1. The first-order chi connectivity index (χ1) is 15.4. The molecule has 3 aromatic carbocycles. The first kappa shape index (κ1) is 22.2. The number of anilines is 3. The molecule has 3 aromatic rings. The molecule has 1 aliphatic rings. The Morgan fingerprint density at radius 3 is 2.50 bits per heavy atom. The zero-order valence-electron chi connectivity index (χ0n) is 17.6. The molecule has 32 heavy (non-hydrogen) atoms. The lowest BCUT2D eigenvalue weighted by Crippen LogP contribution is -2.28. The van der Waals surface area contributed by atoms with Gasteiger partial charge >= 0.3 is 6.03 Å². The molecule has 1 fully saturated rings. The van der Waals surface area contributed by atoms with E-state index < -0.39 is 0 Å². The Morgan fingerprint density at radius 2 is 1.78 bits per heavy atom. The van der Waals surface area contributed by atoms with E-state index in [9.17, 15) is 9.59 Å². The average Bonchev–Trinajstić information content (AvgIpc) is 3.15. The summed E-state index contributed by atoms with van der Waals surface area (Å²) in [5, 5.41) is 5.47. The van der Waals surface area contributed by atoms with Gasteiger partial charge in [0.25, 0.3) is 0 Å². The molecular weight excluding hydrogens is 490 g/mol. The van der Waals surface area contributed by atoms with Crippen LogP contribution in [0.1, 0.15) is 16.5 Å². The molecule has 0 spiro atoms. The number of nitrogens with zero attached hydrogens (tertiary/aromatic N) is 1. The van der Waals surface area contributed by atoms with Crippen LogP contribution >= 0.6 is 27.7 Å². The summed E-state index contributed by atoms with van der Waals surface area (Å²) in [5.74, 6) is 1.05. The van der Waals surface area contributed by atoms with Gasteiger partial charge in [-0.05, 0) is 60.5 Å². The number of hydrogen-bond acceptors (Lipinski definition) is 4. The molecule has 0 bridgehead atoms. The van der Waals surface area contributed by atoms with Gasteiger partial charge in [0.05, 0.1) is 18.6 Å². The normalized spacial score (nSPS) is 15.5. The van der Waals surface area contributed by atoms with E-state index in [2.05, 4.69) is 26.6 Å². The van der Waals surface area contributed by atoms with E-state index in [4.69, 9.17) is 4.74 Å². The van der Waals surface area contributed by atoms with Crippen molar-refractivity contribution in [1.82, 2.24) is 0 Å². The molecule has 1 heterocycles. The molecule has 4 rings (SSSR count). The number of halogens is 1. The summed E-state index contributed by atoms with van der Waals surface area (Å²) in [6.45, 7) is 1.99. The standard InChI is InChI=1S/C24H22BrN3O3S/c1-15-9-10-21(31-2)20(11-15)28-22(29)14-32-23(28)16-5-3-7-18(12-16)26-24(30)27-19-8-4-6-17(25)13-19/h3-13,23H,14H2,1-2H3,(H2,26,27,30). The van der Waals surface area contributed by atoms with Crippen molar-refractivity contribution in [2.45, 2.75) is 12.3 Å². The van der Waals surface area contributed by atoms with E-state index >= 15 is 0 Å². The summed E-state index contributed by atoms with van der Waals surface area (Å²) >= 11 is 4.95. The number of benzene rings is 3. The molecule has 2 N–H and O–H groups in total. The molecule has 0 aliphatic carbocycles. The summed E-state index contributed by atoms with van der Waals surface area (Å²) in [7, 11) is 1.60. The van der Waals surface area contributed by atoms with E-state index in [1.807, 2.05) is 73.7 Å². The molecule has 1 atom stereocenters. The maximum Gasteiger partial charge on any atom is 0.323 e. The summed E-state index contributed by atoms with van der Waals surface area (Å²) in [4.78, 5) is 27.0. The molecular formula is C24H22BrN3O3S. The van der Waals surface area contributed by atoms with E-state index in [0.29, 0.717) is 22.9 Å². The predicted octanol–water partition coefficient (Wildman–Crippen LogP) is 6.19. The van der Waals surface area contributed by atoms with Gasteiger partial charge in [0.2, 0.25) is 5.91 Å². The number of methoxy groups -OCH3 is 1. The monoisotopic (exact) mass is 511 g/mol. The van der Waals surface area contributed by atoms with Crippen molar-refractivity contribution in [3.63, 3.8) is 0 Å². The molecule has 0 aromatic heterocycles. The van der Waals surface area contributed by atoms with Crippen LogP contribution in [0.3, 0.4) is 0 Å². The highest BCUT2D eigenvalue weighted by atomic mass is 79.9. The summed E-state index contributed by atoms with van der Waals surface area (Å²) < 4.78 is 6.40. The molecule has 3 amide bonds. The van der Waals surface area contributed by atoms with Crippen molar-refractivity contribution in [2.75, 3.05) is 28.4 Å². The minimum absolute atomic E-state index is 0.0228. The summed E-state index contributed by atoms with van der Waals surface area (Å²) in [6, 6.07) is 20.4. The summed E-state index contributed by atoms with van der Waals surface area (Å²) in [5.41, 5.74) is 4.04.